The van der Waals surface area contributed by atoms with E-state index in [1.54, 1.807) is 11.3 Å². The van der Waals surface area contributed by atoms with Gasteiger partial charge in [-0.15, -0.1) is 21.5 Å². The highest BCUT2D eigenvalue weighted by atomic mass is 32.1. The molecule has 1 aliphatic rings. The first-order valence-electron chi connectivity index (χ1n) is 7.68. The summed E-state index contributed by atoms with van der Waals surface area (Å²) in [6.45, 7) is 6.08. The van der Waals surface area contributed by atoms with E-state index >= 15 is 0 Å². The fourth-order valence-corrected chi connectivity index (χ4v) is 3.94. The topological polar surface area (TPSA) is 57.7 Å². The second-order valence-corrected chi connectivity index (χ2v) is 7.25. The van der Waals surface area contributed by atoms with Crippen LogP contribution >= 0.6 is 11.3 Å². The summed E-state index contributed by atoms with van der Waals surface area (Å²) < 4.78 is 0. The third-order valence-corrected chi connectivity index (χ3v) is 5.06. The number of imidazole rings is 1. The molecular formula is C16H19N5S. The highest BCUT2D eigenvalue weighted by molar-refractivity contribution is 7.11. The van der Waals surface area contributed by atoms with E-state index in [4.69, 9.17) is 4.98 Å². The molecule has 4 rings (SSSR count). The number of aryl methyl sites for hydroxylation is 2. The summed E-state index contributed by atoms with van der Waals surface area (Å²) >= 11 is 1.68. The van der Waals surface area contributed by atoms with E-state index in [9.17, 15) is 0 Å². The number of nitrogens with one attached hydrogen (secondary N) is 1. The van der Waals surface area contributed by atoms with Gasteiger partial charge in [0, 0.05) is 0 Å². The van der Waals surface area contributed by atoms with Crippen LogP contribution in [-0.2, 0) is 6.54 Å². The van der Waals surface area contributed by atoms with E-state index in [-0.39, 0.29) is 0 Å². The predicted molar refractivity (Wildman–Crippen MR) is 87.9 cm³/mol. The zero-order chi connectivity index (χ0) is 15.1. The van der Waals surface area contributed by atoms with E-state index in [1.807, 2.05) is 6.92 Å². The molecule has 0 aliphatic carbocycles. The van der Waals surface area contributed by atoms with Crippen molar-refractivity contribution in [2.45, 2.75) is 39.3 Å². The third kappa shape index (κ3) is 2.53. The van der Waals surface area contributed by atoms with Crippen LogP contribution in [0.4, 0.5) is 0 Å². The molecule has 0 amide bonds. The Morgan fingerprint density at radius 3 is 3.05 bits per heavy atom. The fraction of sp³-hybridized carbons (Fsp3) is 0.438. The van der Waals surface area contributed by atoms with Crippen LogP contribution in [0.5, 0.6) is 0 Å². The molecule has 0 saturated carbocycles. The van der Waals surface area contributed by atoms with E-state index in [1.165, 1.54) is 12.0 Å². The van der Waals surface area contributed by atoms with Gasteiger partial charge < -0.3 is 4.98 Å². The zero-order valence-electron chi connectivity index (χ0n) is 12.8. The molecule has 0 bridgehead atoms. The van der Waals surface area contributed by atoms with Crippen LogP contribution in [0.3, 0.4) is 0 Å². The summed E-state index contributed by atoms with van der Waals surface area (Å²) in [5.74, 6) is 1.08. The van der Waals surface area contributed by atoms with Gasteiger partial charge in [0.15, 0.2) is 0 Å². The van der Waals surface area contributed by atoms with E-state index in [0.29, 0.717) is 6.04 Å². The molecule has 3 heterocycles. The number of nitrogens with zero attached hydrogens (tertiary/aromatic N) is 4. The van der Waals surface area contributed by atoms with Crippen LogP contribution in [-0.4, -0.2) is 31.6 Å². The van der Waals surface area contributed by atoms with Gasteiger partial charge in [0.1, 0.15) is 15.8 Å². The van der Waals surface area contributed by atoms with Crippen LogP contribution in [0.2, 0.25) is 0 Å². The van der Waals surface area contributed by atoms with Crippen molar-refractivity contribution in [1.29, 1.82) is 0 Å². The maximum atomic E-state index is 4.80. The Kier molecular flexibility index (Phi) is 3.43. The van der Waals surface area contributed by atoms with Gasteiger partial charge in [-0.25, -0.2) is 4.98 Å². The summed E-state index contributed by atoms with van der Waals surface area (Å²) in [5, 5.41) is 10.5. The largest absolute Gasteiger partial charge is 0.341 e. The van der Waals surface area contributed by atoms with Crippen LogP contribution in [0.25, 0.3) is 11.0 Å². The van der Waals surface area contributed by atoms with Crippen molar-refractivity contribution in [2.75, 3.05) is 6.54 Å². The Bertz CT molecular complexity index is 806. The Hall–Kier alpha value is -1.79. The van der Waals surface area contributed by atoms with Gasteiger partial charge in [0.05, 0.1) is 23.6 Å². The average molecular weight is 313 g/mol. The molecule has 6 heteroatoms. The quantitative estimate of drug-likeness (QED) is 0.805. The van der Waals surface area contributed by atoms with Crippen molar-refractivity contribution in [2.24, 2.45) is 0 Å². The van der Waals surface area contributed by atoms with Crippen molar-refractivity contribution < 1.29 is 0 Å². The standard InChI is InChI=1S/C16H19N5S/c1-10-5-6-12-13(8-10)18-16(17-12)14-4-3-7-21(14)9-15-20-19-11(2)22-15/h5-6,8,14H,3-4,7,9H2,1-2H3,(H,17,18)/t14-/m1/s1. The molecule has 1 aliphatic heterocycles. The number of likely N-dealkylation sites (tertiary alicyclic amines) is 1. The zero-order valence-corrected chi connectivity index (χ0v) is 13.7. The molecule has 5 nitrogen and oxygen atoms in total. The number of hydrogen-bond donors (Lipinski definition) is 1. The highest BCUT2D eigenvalue weighted by Crippen LogP contribution is 2.33. The number of aromatic amines is 1. The minimum absolute atomic E-state index is 0.358. The minimum atomic E-state index is 0.358. The molecule has 1 atom stereocenters. The molecule has 1 saturated heterocycles. The molecule has 22 heavy (non-hydrogen) atoms. The molecule has 1 N–H and O–H groups in total. The first-order valence-corrected chi connectivity index (χ1v) is 8.50. The molecule has 2 aromatic heterocycles. The van der Waals surface area contributed by atoms with Crippen molar-refractivity contribution in [3.63, 3.8) is 0 Å². The maximum absolute atomic E-state index is 4.80. The summed E-state index contributed by atoms with van der Waals surface area (Å²) in [7, 11) is 0. The lowest BCUT2D eigenvalue weighted by molar-refractivity contribution is 0.240. The molecule has 1 fully saturated rings. The Morgan fingerprint density at radius 1 is 1.32 bits per heavy atom. The minimum Gasteiger partial charge on any atom is -0.341 e. The maximum Gasteiger partial charge on any atom is 0.131 e. The Balaban J connectivity index is 1.61. The van der Waals surface area contributed by atoms with Gasteiger partial charge in [-0.1, -0.05) is 6.07 Å². The van der Waals surface area contributed by atoms with E-state index < -0.39 is 0 Å². The number of fused-ring (bicyclic) bond motifs is 1. The van der Waals surface area contributed by atoms with Crippen molar-refractivity contribution in [3.05, 3.63) is 39.6 Å². The normalized spacial score (nSPS) is 19.3. The van der Waals surface area contributed by atoms with Crippen LogP contribution in [0.1, 0.15) is 40.3 Å². The molecule has 0 radical (unpaired) electrons. The van der Waals surface area contributed by atoms with E-state index in [2.05, 4.69) is 45.2 Å². The molecule has 0 unspecified atom stereocenters. The monoisotopic (exact) mass is 313 g/mol. The Labute approximate surface area is 133 Å². The number of rotatable bonds is 3. The number of hydrogen-bond acceptors (Lipinski definition) is 5. The smallest absolute Gasteiger partial charge is 0.131 e. The lowest BCUT2D eigenvalue weighted by Crippen LogP contribution is -2.23. The SMILES string of the molecule is Cc1ccc2nc([C@H]3CCCN3Cc3nnc(C)s3)[nH]c2c1. The van der Waals surface area contributed by atoms with Crippen molar-refractivity contribution in [1.82, 2.24) is 25.1 Å². The van der Waals surface area contributed by atoms with Crippen molar-refractivity contribution >= 4 is 22.4 Å². The van der Waals surface area contributed by atoms with Crippen LogP contribution < -0.4 is 0 Å². The molecule has 3 aromatic rings. The van der Waals surface area contributed by atoms with Gasteiger partial charge in [-0.3, -0.25) is 4.90 Å². The van der Waals surface area contributed by atoms with Gasteiger partial charge in [0.2, 0.25) is 0 Å². The molecule has 1 aromatic carbocycles. The second kappa shape index (κ2) is 5.44. The first kappa shape index (κ1) is 13.8. The van der Waals surface area contributed by atoms with Crippen LogP contribution in [0.15, 0.2) is 18.2 Å². The summed E-state index contributed by atoms with van der Waals surface area (Å²) in [6.07, 6.45) is 2.36. The number of benzene rings is 1. The average Bonchev–Trinajstić information content (AvgIpc) is 3.18. The number of aromatic nitrogens is 4. The van der Waals surface area contributed by atoms with E-state index in [0.717, 1.165) is 46.4 Å². The Morgan fingerprint density at radius 2 is 2.23 bits per heavy atom. The van der Waals surface area contributed by atoms with Gasteiger partial charge >= 0.3 is 0 Å². The van der Waals surface area contributed by atoms with Crippen molar-refractivity contribution in [3.8, 4) is 0 Å². The number of H-pyrrole nitrogens is 1. The molecule has 0 spiro atoms. The predicted octanol–water partition coefficient (Wildman–Crippen LogP) is 3.37. The van der Waals surface area contributed by atoms with Crippen LogP contribution in [0, 0.1) is 13.8 Å². The lowest BCUT2D eigenvalue weighted by Gasteiger charge is -2.21. The summed E-state index contributed by atoms with van der Waals surface area (Å²) in [5.41, 5.74) is 3.45. The second-order valence-electron chi connectivity index (χ2n) is 5.99. The first-order chi connectivity index (χ1) is 10.7. The molecular weight excluding hydrogens is 294 g/mol. The lowest BCUT2D eigenvalue weighted by atomic mass is 10.2. The third-order valence-electron chi connectivity index (χ3n) is 4.24. The summed E-state index contributed by atoms with van der Waals surface area (Å²) in [4.78, 5) is 10.8. The van der Waals surface area contributed by atoms with Gasteiger partial charge in [-0.2, -0.15) is 0 Å². The summed E-state index contributed by atoms with van der Waals surface area (Å²) in [6, 6.07) is 6.73. The highest BCUT2D eigenvalue weighted by Gasteiger charge is 2.29. The molecule has 114 valence electrons. The van der Waals surface area contributed by atoms with Gasteiger partial charge in [-0.05, 0) is 50.9 Å². The fourth-order valence-electron chi connectivity index (χ4n) is 3.20. The van der Waals surface area contributed by atoms with Gasteiger partial charge in [0.25, 0.3) is 0 Å².